The summed E-state index contributed by atoms with van der Waals surface area (Å²) in [6.07, 6.45) is 2.56. The molecule has 2 aromatic carbocycles. The van der Waals surface area contributed by atoms with Gasteiger partial charge in [-0.3, -0.25) is 19.8 Å². The fourth-order valence-electron chi connectivity index (χ4n) is 4.80. The van der Waals surface area contributed by atoms with Gasteiger partial charge in [0.1, 0.15) is 5.57 Å². The van der Waals surface area contributed by atoms with Crippen molar-refractivity contribution in [1.29, 1.82) is 0 Å². The molecule has 0 aromatic heterocycles. The zero-order valence-corrected chi connectivity index (χ0v) is 21.3. The lowest BCUT2D eigenvalue weighted by Crippen LogP contribution is -2.54. The molecule has 1 atom stereocenters. The van der Waals surface area contributed by atoms with Crippen LogP contribution in [0.25, 0.3) is 6.08 Å². The number of carbonyl (C=O) groups excluding carboxylic acids is 2. The van der Waals surface area contributed by atoms with E-state index in [1.54, 1.807) is 6.08 Å². The molecule has 1 N–H and O–H groups in total. The highest BCUT2D eigenvalue weighted by Crippen LogP contribution is 2.44. The molecule has 0 aliphatic carbocycles. The Labute approximate surface area is 205 Å². The quantitative estimate of drug-likeness (QED) is 0.349. The molecule has 2 aliphatic heterocycles. The second kappa shape index (κ2) is 8.26. The van der Waals surface area contributed by atoms with E-state index in [1.807, 2.05) is 44.2 Å². The Hall–Kier alpha value is -2.70. The van der Waals surface area contributed by atoms with Crippen molar-refractivity contribution < 1.29 is 9.59 Å². The van der Waals surface area contributed by atoms with Crippen LogP contribution in [0.15, 0.2) is 35.9 Å². The van der Waals surface area contributed by atoms with Gasteiger partial charge in [-0.2, -0.15) is 0 Å². The van der Waals surface area contributed by atoms with Crippen LogP contribution in [0, 0.1) is 13.8 Å². The summed E-state index contributed by atoms with van der Waals surface area (Å²) in [5, 5.41) is 3.22. The van der Waals surface area contributed by atoms with Crippen molar-refractivity contribution >= 4 is 58.2 Å². The van der Waals surface area contributed by atoms with Gasteiger partial charge >= 0.3 is 0 Å². The fourth-order valence-corrected chi connectivity index (χ4v) is 5.29. The van der Waals surface area contributed by atoms with E-state index in [9.17, 15) is 9.59 Å². The summed E-state index contributed by atoms with van der Waals surface area (Å²) in [5.41, 5.74) is 5.50. The van der Waals surface area contributed by atoms with Gasteiger partial charge in [-0.1, -0.05) is 36.2 Å². The molecule has 2 heterocycles. The van der Waals surface area contributed by atoms with Gasteiger partial charge in [0.15, 0.2) is 5.11 Å². The smallest absolute Gasteiger partial charge is 0.270 e. The first kappa shape index (κ1) is 23.5. The third-order valence-electron chi connectivity index (χ3n) is 6.75. The maximum atomic E-state index is 13.4. The summed E-state index contributed by atoms with van der Waals surface area (Å²) in [6.45, 7) is 10.5. The van der Waals surface area contributed by atoms with Gasteiger partial charge in [0.25, 0.3) is 11.8 Å². The molecular weight excluding hydrogens is 454 g/mol. The van der Waals surface area contributed by atoms with Crippen molar-refractivity contribution in [2.45, 2.75) is 52.5 Å². The van der Waals surface area contributed by atoms with Gasteiger partial charge in [-0.25, -0.2) is 0 Å². The van der Waals surface area contributed by atoms with E-state index < -0.39 is 11.8 Å². The average molecular weight is 482 g/mol. The molecule has 1 saturated heterocycles. The summed E-state index contributed by atoms with van der Waals surface area (Å²) >= 11 is 12.0. The van der Waals surface area contributed by atoms with Crippen molar-refractivity contribution in [3.05, 3.63) is 63.2 Å². The number of thiocarbonyl (C=S) groups is 1. The van der Waals surface area contributed by atoms with Gasteiger partial charge in [-0.05, 0) is 93.2 Å². The largest absolute Gasteiger partial charge is 0.369 e. The van der Waals surface area contributed by atoms with Crippen LogP contribution in [0.3, 0.4) is 0 Å². The first-order valence-corrected chi connectivity index (χ1v) is 11.8. The van der Waals surface area contributed by atoms with Crippen LogP contribution in [-0.2, 0) is 9.59 Å². The van der Waals surface area contributed by atoms with Crippen LogP contribution in [0.5, 0.6) is 0 Å². The van der Waals surface area contributed by atoms with E-state index in [4.69, 9.17) is 23.8 Å². The first-order chi connectivity index (χ1) is 15.4. The number of hydrogen-bond acceptors (Lipinski definition) is 4. The maximum Gasteiger partial charge on any atom is 0.270 e. The van der Waals surface area contributed by atoms with Gasteiger partial charge in [0.05, 0.1) is 5.69 Å². The number of aryl methyl sites for hydroxylation is 2. The Balaban J connectivity index is 1.78. The number of benzene rings is 2. The molecule has 1 fully saturated rings. The van der Waals surface area contributed by atoms with E-state index in [0.29, 0.717) is 22.2 Å². The molecule has 5 nitrogen and oxygen atoms in total. The van der Waals surface area contributed by atoms with Crippen LogP contribution < -0.4 is 15.1 Å². The fraction of sp³-hybridized carbons (Fsp3) is 0.346. The standard InChI is InChI=1S/C26H28ClN3O2S/c1-14-7-8-21(15(2)9-14)30-24(32)19(23(31)28-25(30)33)11-17-10-18-16(3)13-26(4,5)29(6)22(18)12-20(17)27/h7-12,16H,13H2,1-6H3,(H,28,31,33)/b19-11+. The van der Waals surface area contributed by atoms with E-state index in [-0.39, 0.29) is 16.2 Å². The summed E-state index contributed by atoms with van der Waals surface area (Å²) < 4.78 is 0. The molecule has 1 unspecified atom stereocenters. The number of anilines is 2. The highest BCUT2D eigenvalue weighted by atomic mass is 35.5. The minimum absolute atomic E-state index is 0.00238. The maximum absolute atomic E-state index is 13.4. The van der Waals surface area contributed by atoms with Crippen molar-refractivity contribution in [2.24, 2.45) is 0 Å². The van der Waals surface area contributed by atoms with Crippen LogP contribution in [-0.4, -0.2) is 29.5 Å². The number of nitrogens with one attached hydrogen (secondary N) is 1. The number of amides is 2. The molecular formula is C26H28ClN3O2S. The predicted molar refractivity (Wildman–Crippen MR) is 139 cm³/mol. The Bertz CT molecular complexity index is 1230. The number of fused-ring (bicyclic) bond motifs is 1. The Morgan fingerprint density at radius 3 is 2.52 bits per heavy atom. The normalized spacial score (nSPS) is 21.4. The molecule has 0 radical (unpaired) electrons. The van der Waals surface area contributed by atoms with Crippen molar-refractivity contribution in [1.82, 2.24) is 5.32 Å². The van der Waals surface area contributed by atoms with Gasteiger partial charge in [0.2, 0.25) is 0 Å². The van der Waals surface area contributed by atoms with E-state index in [2.05, 4.69) is 38.0 Å². The monoisotopic (exact) mass is 481 g/mol. The van der Waals surface area contributed by atoms with Crippen LogP contribution in [0.1, 0.15) is 55.4 Å². The minimum atomic E-state index is -0.522. The van der Waals surface area contributed by atoms with Crippen LogP contribution >= 0.6 is 23.8 Å². The molecule has 172 valence electrons. The van der Waals surface area contributed by atoms with E-state index in [0.717, 1.165) is 28.8 Å². The third-order valence-corrected chi connectivity index (χ3v) is 7.36. The van der Waals surface area contributed by atoms with Crippen LogP contribution in [0.4, 0.5) is 11.4 Å². The lowest BCUT2D eigenvalue weighted by atomic mass is 9.80. The summed E-state index contributed by atoms with van der Waals surface area (Å²) in [6, 6.07) is 9.66. The highest BCUT2D eigenvalue weighted by Gasteiger charge is 2.37. The molecule has 7 heteroatoms. The minimum Gasteiger partial charge on any atom is -0.369 e. The molecule has 2 amide bonds. The van der Waals surface area contributed by atoms with Crippen LogP contribution in [0.2, 0.25) is 5.02 Å². The highest BCUT2D eigenvalue weighted by molar-refractivity contribution is 7.80. The van der Waals surface area contributed by atoms with Gasteiger partial charge < -0.3 is 4.90 Å². The third kappa shape index (κ3) is 4.06. The molecule has 0 saturated carbocycles. The Morgan fingerprint density at radius 1 is 1.15 bits per heavy atom. The number of rotatable bonds is 2. The lowest BCUT2D eigenvalue weighted by molar-refractivity contribution is -0.122. The zero-order valence-electron chi connectivity index (χ0n) is 19.7. The second-order valence-corrected chi connectivity index (χ2v) is 10.5. The SMILES string of the molecule is Cc1ccc(N2C(=O)/C(=C/c3cc4c(cc3Cl)N(C)C(C)(C)CC4C)C(=O)NC2=S)c(C)c1. The number of nitrogens with zero attached hydrogens (tertiary/aromatic N) is 2. The molecule has 33 heavy (non-hydrogen) atoms. The van der Waals surface area contributed by atoms with E-state index in [1.165, 1.54) is 4.90 Å². The molecule has 0 bridgehead atoms. The average Bonchev–Trinajstić information content (AvgIpc) is 2.71. The summed E-state index contributed by atoms with van der Waals surface area (Å²) in [5.74, 6) is -0.669. The Kier molecular flexibility index (Phi) is 5.87. The second-order valence-electron chi connectivity index (χ2n) is 9.66. The van der Waals surface area contributed by atoms with Gasteiger partial charge in [0, 0.05) is 23.3 Å². The molecule has 2 aliphatic rings. The number of carbonyl (C=O) groups is 2. The summed E-state index contributed by atoms with van der Waals surface area (Å²) in [4.78, 5) is 29.8. The summed E-state index contributed by atoms with van der Waals surface area (Å²) in [7, 11) is 2.07. The topological polar surface area (TPSA) is 52.7 Å². The zero-order chi connectivity index (χ0) is 24.2. The van der Waals surface area contributed by atoms with Gasteiger partial charge in [-0.15, -0.1) is 0 Å². The van der Waals surface area contributed by atoms with Crippen molar-refractivity contribution in [2.75, 3.05) is 16.8 Å². The number of hydrogen-bond donors (Lipinski definition) is 1. The predicted octanol–water partition coefficient (Wildman–Crippen LogP) is 5.51. The molecule has 4 rings (SSSR count). The van der Waals surface area contributed by atoms with Crippen molar-refractivity contribution in [3.63, 3.8) is 0 Å². The molecule has 0 spiro atoms. The Morgan fingerprint density at radius 2 is 1.85 bits per heavy atom. The van der Waals surface area contributed by atoms with E-state index >= 15 is 0 Å². The van der Waals surface area contributed by atoms with Crippen molar-refractivity contribution in [3.8, 4) is 0 Å². The lowest BCUT2D eigenvalue weighted by Gasteiger charge is -2.45. The number of halogens is 1. The molecule has 2 aromatic rings. The first-order valence-electron chi connectivity index (χ1n) is 11.0.